The van der Waals surface area contributed by atoms with E-state index in [0.29, 0.717) is 0 Å². The van der Waals surface area contributed by atoms with Crippen LogP contribution in [0.25, 0.3) is 0 Å². The van der Waals surface area contributed by atoms with Crippen LogP contribution in [0, 0.1) is 6.92 Å². The smallest absolute Gasteiger partial charge is 0.495 e. The summed E-state index contributed by atoms with van der Waals surface area (Å²) in [6.07, 6.45) is -3.38. The molecule has 0 aliphatic carbocycles. The SMILES string of the molecule is COc1cnc(C)c(OC(F)(F)F)c1CBr. The van der Waals surface area contributed by atoms with Gasteiger partial charge < -0.3 is 9.47 Å². The fourth-order valence-corrected chi connectivity index (χ4v) is 1.71. The summed E-state index contributed by atoms with van der Waals surface area (Å²) in [7, 11) is 1.36. The molecule has 1 rings (SSSR count). The first-order chi connectivity index (χ1) is 7.39. The standard InChI is InChI=1S/C9H9BrF3NO2/c1-5-8(16-9(11,12)13)6(3-10)7(15-2)4-14-5/h4H,3H2,1-2H3. The van der Waals surface area contributed by atoms with E-state index in [1.165, 1.54) is 20.2 Å². The zero-order chi connectivity index (χ0) is 12.3. The predicted molar refractivity (Wildman–Crippen MR) is 54.8 cm³/mol. The van der Waals surface area contributed by atoms with Gasteiger partial charge in [0.2, 0.25) is 0 Å². The molecule has 0 atom stereocenters. The van der Waals surface area contributed by atoms with E-state index < -0.39 is 6.36 Å². The fraction of sp³-hybridized carbons (Fsp3) is 0.444. The highest BCUT2D eigenvalue weighted by Gasteiger charge is 2.33. The lowest BCUT2D eigenvalue weighted by Crippen LogP contribution is -2.19. The summed E-state index contributed by atoms with van der Waals surface area (Å²) in [6.45, 7) is 1.44. The van der Waals surface area contributed by atoms with Gasteiger partial charge in [-0.3, -0.25) is 4.98 Å². The molecule has 1 aromatic heterocycles. The Morgan fingerprint density at radius 1 is 1.44 bits per heavy atom. The monoisotopic (exact) mass is 299 g/mol. The molecule has 3 nitrogen and oxygen atoms in total. The molecule has 16 heavy (non-hydrogen) atoms. The summed E-state index contributed by atoms with van der Waals surface area (Å²) in [5, 5.41) is 0.185. The lowest BCUT2D eigenvalue weighted by molar-refractivity contribution is -0.275. The number of methoxy groups -OCH3 is 1. The van der Waals surface area contributed by atoms with E-state index in [0.717, 1.165) is 0 Å². The van der Waals surface area contributed by atoms with Gasteiger partial charge in [-0.25, -0.2) is 0 Å². The molecule has 90 valence electrons. The number of aryl methyl sites for hydroxylation is 1. The summed E-state index contributed by atoms with van der Waals surface area (Å²) in [4.78, 5) is 3.77. The van der Waals surface area contributed by atoms with Gasteiger partial charge in [0.1, 0.15) is 5.75 Å². The molecule has 0 radical (unpaired) electrons. The van der Waals surface area contributed by atoms with Gasteiger partial charge in [-0.2, -0.15) is 0 Å². The Kier molecular flexibility index (Phi) is 4.01. The molecule has 1 heterocycles. The molecule has 0 aliphatic rings. The molecule has 0 unspecified atom stereocenters. The number of nitrogens with zero attached hydrogens (tertiary/aromatic N) is 1. The minimum atomic E-state index is -4.74. The van der Waals surface area contributed by atoms with Crippen molar-refractivity contribution in [3.05, 3.63) is 17.5 Å². The maximum atomic E-state index is 12.2. The number of rotatable bonds is 3. The summed E-state index contributed by atoms with van der Waals surface area (Å²) in [5.41, 5.74) is 0.444. The Balaban J connectivity index is 3.23. The lowest BCUT2D eigenvalue weighted by Gasteiger charge is -2.16. The maximum absolute atomic E-state index is 12.2. The van der Waals surface area contributed by atoms with Gasteiger partial charge in [-0.05, 0) is 6.92 Å². The van der Waals surface area contributed by atoms with Crippen molar-refractivity contribution >= 4 is 15.9 Å². The average molecular weight is 300 g/mol. The van der Waals surface area contributed by atoms with Gasteiger partial charge in [0.05, 0.1) is 24.6 Å². The average Bonchev–Trinajstić information content (AvgIpc) is 2.19. The number of hydrogen-bond acceptors (Lipinski definition) is 3. The second-order valence-electron chi connectivity index (χ2n) is 2.90. The van der Waals surface area contributed by atoms with Crippen molar-refractivity contribution in [1.82, 2.24) is 4.98 Å². The van der Waals surface area contributed by atoms with Crippen molar-refractivity contribution in [1.29, 1.82) is 0 Å². The first-order valence-corrected chi connectivity index (χ1v) is 5.35. The molecule has 0 saturated carbocycles. The Labute approximate surface area is 98.7 Å². The minimum absolute atomic E-state index is 0.160. The number of alkyl halides is 4. The first kappa shape index (κ1) is 13.1. The van der Waals surface area contributed by atoms with Gasteiger partial charge in [0.15, 0.2) is 5.75 Å². The van der Waals surface area contributed by atoms with Crippen LogP contribution in [0.4, 0.5) is 13.2 Å². The highest BCUT2D eigenvalue weighted by molar-refractivity contribution is 9.08. The zero-order valence-corrected chi connectivity index (χ0v) is 10.1. The second kappa shape index (κ2) is 4.90. The van der Waals surface area contributed by atoms with Gasteiger partial charge >= 0.3 is 6.36 Å². The fourth-order valence-electron chi connectivity index (χ4n) is 1.18. The molecule has 0 spiro atoms. The zero-order valence-electron chi connectivity index (χ0n) is 8.56. The molecule has 7 heteroatoms. The molecule has 0 amide bonds. The lowest BCUT2D eigenvalue weighted by atomic mass is 10.2. The molecule has 0 aromatic carbocycles. The number of halogens is 4. The largest absolute Gasteiger partial charge is 0.573 e. The van der Waals surface area contributed by atoms with Crippen LogP contribution in [-0.4, -0.2) is 18.5 Å². The molecule has 1 aromatic rings. The third-order valence-electron chi connectivity index (χ3n) is 1.85. The normalized spacial score (nSPS) is 11.4. The van der Waals surface area contributed by atoms with Crippen molar-refractivity contribution in [2.75, 3.05) is 7.11 Å². The topological polar surface area (TPSA) is 31.4 Å². The molecule has 0 aliphatic heterocycles. The Morgan fingerprint density at radius 3 is 2.50 bits per heavy atom. The van der Waals surface area contributed by atoms with Crippen LogP contribution in [-0.2, 0) is 5.33 Å². The minimum Gasteiger partial charge on any atom is -0.495 e. The van der Waals surface area contributed by atoms with E-state index in [-0.39, 0.29) is 28.1 Å². The summed E-state index contributed by atoms with van der Waals surface area (Å²) in [5.74, 6) is -0.0644. The quantitative estimate of drug-likeness (QED) is 0.803. The molecule has 0 fully saturated rings. The van der Waals surface area contributed by atoms with E-state index in [9.17, 15) is 13.2 Å². The highest BCUT2D eigenvalue weighted by Crippen LogP contribution is 2.35. The summed E-state index contributed by atoms with van der Waals surface area (Å²) in [6, 6.07) is 0. The van der Waals surface area contributed by atoms with E-state index in [2.05, 4.69) is 25.7 Å². The maximum Gasteiger partial charge on any atom is 0.573 e. The number of ether oxygens (including phenoxy) is 2. The van der Waals surface area contributed by atoms with Gasteiger partial charge in [-0.1, -0.05) is 15.9 Å². The summed E-state index contributed by atoms with van der Waals surface area (Å²) < 4.78 is 45.3. The van der Waals surface area contributed by atoms with Crippen LogP contribution in [0.2, 0.25) is 0 Å². The van der Waals surface area contributed by atoms with Crippen LogP contribution in [0.1, 0.15) is 11.3 Å². The Bertz CT molecular complexity index is 382. The predicted octanol–water partition coefficient (Wildman–Crippen LogP) is 3.19. The van der Waals surface area contributed by atoms with E-state index in [4.69, 9.17) is 4.74 Å². The van der Waals surface area contributed by atoms with Crippen molar-refractivity contribution in [2.45, 2.75) is 18.6 Å². The molecule has 0 bridgehead atoms. The molecule has 0 N–H and O–H groups in total. The summed E-state index contributed by atoms with van der Waals surface area (Å²) >= 11 is 3.09. The van der Waals surface area contributed by atoms with Crippen LogP contribution in [0.5, 0.6) is 11.5 Å². The third-order valence-corrected chi connectivity index (χ3v) is 2.41. The van der Waals surface area contributed by atoms with E-state index in [1.54, 1.807) is 0 Å². The van der Waals surface area contributed by atoms with Gasteiger partial charge in [0.25, 0.3) is 0 Å². The first-order valence-electron chi connectivity index (χ1n) is 4.23. The van der Waals surface area contributed by atoms with E-state index in [1.807, 2.05) is 0 Å². The molecular formula is C9H9BrF3NO2. The number of pyridine rings is 1. The molecular weight excluding hydrogens is 291 g/mol. The van der Waals surface area contributed by atoms with Crippen LogP contribution >= 0.6 is 15.9 Å². The highest BCUT2D eigenvalue weighted by atomic mass is 79.9. The molecule has 0 saturated heterocycles. The van der Waals surface area contributed by atoms with Gasteiger partial charge in [0, 0.05) is 5.33 Å². The van der Waals surface area contributed by atoms with Crippen LogP contribution < -0.4 is 9.47 Å². The van der Waals surface area contributed by atoms with Crippen molar-refractivity contribution in [3.63, 3.8) is 0 Å². The second-order valence-corrected chi connectivity index (χ2v) is 3.46. The number of aromatic nitrogens is 1. The third kappa shape index (κ3) is 3.01. The van der Waals surface area contributed by atoms with Crippen molar-refractivity contribution in [2.24, 2.45) is 0 Å². The van der Waals surface area contributed by atoms with Crippen LogP contribution in [0.15, 0.2) is 6.20 Å². The van der Waals surface area contributed by atoms with Crippen molar-refractivity contribution < 1.29 is 22.6 Å². The van der Waals surface area contributed by atoms with E-state index >= 15 is 0 Å². The van der Waals surface area contributed by atoms with Crippen molar-refractivity contribution in [3.8, 4) is 11.5 Å². The Hall–Kier alpha value is -0.980. The van der Waals surface area contributed by atoms with Gasteiger partial charge in [-0.15, -0.1) is 13.2 Å². The number of hydrogen-bond donors (Lipinski definition) is 0. The Morgan fingerprint density at radius 2 is 2.06 bits per heavy atom. The van der Waals surface area contributed by atoms with Crippen LogP contribution in [0.3, 0.4) is 0 Å².